The Morgan fingerprint density at radius 3 is 2.78 bits per heavy atom. The highest BCUT2D eigenvalue weighted by atomic mass is 16.5. The van der Waals surface area contributed by atoms with Gasteiger partial charge in [0.25, 0.3) is 0 Å². The number of nitrogens with zero attached hydrogens (tertiary/aromatic N) is 1. The third-order valence-corrected chi connectivity index (χ3v) is 3.51. The van der Waals surface area contributed by atoms with Crippen molar-refractivity contribution in [2.75, 3.05) is 24.5 Å². The van der Waals surface area contributed by atoms with Gasteiger partial charge in [0.2, 0.25) is 0 Å². The van der Waals surface area contributed by atoms with Gasteiger partial charge < -0.3 is 15.4 Å². The summed E-state index contributed by atoms with van der Waals surface area (Å²) in [7, 11) is 0. The first-order chi connectivity index (χ1) is 8.60. The number of anilines is 1. The summed E-state index contributed by atoms with van der Waals surface area (Å²) >= 11 is 0. The summed E-state index contributed by atoms with van der Waals surface area (Å²) < 4.78 is 5.92. The Hall–Kier alpha value is -1.06. The molecule has 3 nitrogen and oxygen atoms in total. The number of benzene rings is 1. The lowest BCUT2D eigenvalue weighted by Crippen LogP contribution is -2.47. The molecule has 1 aromatic carbocycles. The maximum absolute atomic E-state index is 5.92. The lowest BCUT2D eigenvalue weighted by atomic mass is 10.1. The summed E-state index contributed by atoms with van der Waals surface area (Å²) in [6.07, 6.45) is 1.47. The van der Waals surface area contributed by atoms with E-state index < -0.39 is 0 Å². The molecule has 2 rings (SSSR count). The second-order valence-corrected chi connectivity index (χ2v) is 5.34. The van der Waals surface area contributed by atoms with Crippen molar-refractivity contribution in [3.63, 3.8) is 0 Å². The van der Waals surface area contributed by atoms with Gasteiger partial charge in [0.1, 0.15) is 0 Å². The van der Waals surface area contributed by atoms with Crippen molar-refractivity contribution in [3.05, 3.63) is 29.3 Å². The van der Waals surface area contributed by atoms with E-state index in [0.717, 1.165) is 19.5 Å². The molecule has 0 radical (unpaired) electrons. The maximum atomic E-state index is 5.92. The molecule has 1 aromatic rings. The van der Waals surface area contributed by atoms with Crippen molar-refractivity contribution in [3.8, 4) is 0 Å². The van der Waals surface area contributed by atoms with Crippen LogP contribution in [0.25, 0.3) is 0 Å². The summed E-state index contributed by atoms with van der Waals surface area (Å²) in [4.78, 5) is 2.43. The minimum atomic E-state index is 0.263. The van der Waals surface area contributed by atoms with E-state index in [1.54, 1.807) is 0 Å². The number of ether oxygens (including phenoxy) is 1. The van der Waals surface area contributed by atoms with Crippen LogP contribution >= 0.6 is 0 Å². The molecule has 0 bridgehead atoms. The maximum Gasteiger partial charge on any atom is 0.0766 e. The predicted octanol–water partition coefficient (Wildman–Crippen LogP) is 2.25. The summed E-state index contributed by atoms with van der Waals surface area (Å²) in [6.45, 7) is 9.06. The van der Waals surface area contributed by atoms with Gasteiger partial charge in [-0.25, -0.2) is 0 Å². The van der Waals surface area contributed by atoms with E-state index in [1.807, 2.05) is 0 Å². The van der Waals surface area contributed by atoms with Crippen molar-refractivity contribution in [2.45, 2.75) is 39.4 Å². The minimum absolute atomic E-state index is 0.263. The molecule has 1 fully saturated rings. The highest BCUT2D eigenvalue weighted by Crippen LogP contribution is 2.25. The monoisotopic (exact) mass is 248 g/mol. The summed E-state index contributed by atoms with van der Waals surface area (Å²) in [5.74, 6) is 0. The standard InChI is InChI=1S/C15H24N2O/c1-11-4-5-15(12(2)8-11)17-9-13(3)18-14(10-17)6-7-16/h4-5,8,13-14H,6-7,9-10,16H2,1-3H3. The molecule has 2 atom stereocenters. The van der Waals surface area contributed by atoms with E-state index in [-0.39, 0.29) is 12.2 Å². The Morgan fingerprint density at radius 1 is 1.33 bits per heavy atom. The molecule has 0 amide bonds. The van der Waals surface area contributed by atoms with Crippen LogP contribution in [0.5, 0.6) is 0 Å². The zero-order valence-electron chi connectivity index (χ0n) is 11.6. The third kappa shape index (κ3) is 3.03. The number of morpholine rings is 1. The molecule has 1 heterocycles. The van der Waals surface area contributed by atoms with E-state index in [2.05, 4.69) is 43.9 Å². The van der Waals surface area contributed by atoms with Crippen LogP contribution in [0.1, 0.15) is 24.5 Å². The van der Waals surface area contributed by atoms with Crippen LogP contribution in [0.15, 0.2) is 18.2 Å². The van der Waals surface area contributed by atoms with Crippen LogP contribution in [0.4, 0.5) is 5.69 Å². The van der Waals surface area contributed by atoms with Crippen molar-refractivity contribution in [1.29, 1.82) is 0 Å². The van der Waals surface area contributed by atoms with Crippen LogP contribution in [0, 0.1) is 13.8 Å². The first-order valence-electron chi connectivity index (χ1n) is 6.78. The van der Waals surface area contributed by atoms with Crippen molar-refractivity contribution >= 4 is 5.69 Å². The number of hydrogen-bond donors (Lipinski definition) is 1. The molecular formula is C15H24N2O. The van der Waals surface area contributed by atoms with E-state index in [1.165, 1.54) is 16.8 Å². The molecule has 0 aliphatic carbocycles. The van der Waals surface area contributed by atoms with E-state index in [0.29, 0.717) is 6.54 Å². The number of nitrogens with two attached hydrogens (primary N) is 1. The highest BCUT2D eigenvalue weighted by molar-refractivity contribution is 5.54. The van der Waals surface area contributed by atoms with Gasteiger partial charge >= 0.3 is 0 Å². The van der Waals surface area contributed by atoms with Gasteiger partial charge in [-0.3, -0.25) is 0 Å². The first kappa shape index (κ1) is 13.4. The van der Waals surface area contributed by atoms with E-state index in [4.69, 9.17) is 10.5 Å². The first-order valence-corrected chi connectivity index (χ1v) is 6.78. The number of aryl methyl sites for hydroxylation is 2. The van der Waals surface area contributed by atoms with Crippen molar-refractivity contribution in [1.82, 2.24) is 0 Å². The van der Waals surface area contributed by atoms with Crippen LogP contribution in [-0.2, 0) is 4.74 Å². The van der Waals surface area contributed by atoms with Gasteiger partial charge in [-0.2, -0.15) is 0 Å². The molecule has 1 aliphatic heterocycles. The minimum Gasteiger partial charge on any atom is -0.372 e. The van der Waals surface area contributed by atoms with Gasteiger partial charge in [0, 0.05) is 18.8 Å². The van der Waals surface area contributed by atoms with Crippen LogP contribution < -0.4 is 10.6 Å². The Balaban J connectivity index is 2.16. The van der Waals surface area contributed by atoms with Gasteiger partial charge in [-0.15, -0.1) is 0 Å². The Kier molecular flexibility index (Phi) is 4.25. The third-order valence-electron chi connectivity index (χ3n) is 3.51. The fraction of sp³-hybridized carbons (Fsp3) is 0.600. The average molecular weight is 248 g/mol. The van der Waals surface area contributed by atoms with Gasteiger partial charge in [-0.1, -0.05) is 17.7 Å². The second kappa shape index (κ2) is 5.72. The van der Waals surface area contributed by atoms with Crippen LogP contribution in [0.2, 0.25) is 0 Å². The second-order valence-electron chi connectivity index (χ2n) is 5.34. The Bertz CT molecular complexity index is 405. The SMILES string of the molecule is Cc1ccc(N2CC(C)OC(CCN)C2)c(C)c1. The molecule has 0 saturated carbocycles. The molecule has 100 valence electrons. The normalized spacial score (nSPS) is 24.3. The summed E-state index contributed by atoms with van der Waals surface area (Å²) in [6, 6.07) is 6.65. The molecule has 2 unspecified atom stereocenters. The van der Waals surface area contributed by atoms with Crippen molar-refractivity contribution < 1.29 is 4.74 Å². The quantitative estimate of drug-likeness (QED) is 0.891. The zero-order valence-corrected chi connectivity index (χ0v) is 11.6. The van der Waals surface area contributed by atoms with Gasteiger partial charge in [0.15, 0.2) is 0 Å². The molecule has 18 heavy (non-hydrogen) atoms. The largest absolute Gasteiger partial charge is 0.372 e. The van der Waals surface area contributed by atoms with Crippen LogP contribution in [0.3, 0.4) is 0 Å². The topological polar surface area (TPSA) is 38.5 Å². The molecule has 2 N–H and O–H groups in total. The molecule has 1 saturated heterocycles. The summed E-state index contributed by atoms with van der Waals surface area (Å²) in [5, 5.41) is 0. The smallest absolute Gasteiger partial charge is 0.0766 e. The van der Waals surface area contributed by atoms with Gasteiger partial charge in [0.05, 0.1) is 12.2 Å². The fourth-order valence-electron chi connectivity index (χ4n) is 2.75. The lowest BCUT2D eigenvalue weighted by molar-refractivity contribution is -0.0183. The molecule has 1 aliphatic rings. The number of hydrogen-bond acceptors (Lipinski definition) is 3. The lowest BCUT2D eigenvalue weighted by Gasteiger charge is -2.39. The van der Waals surface area contributed by atoms with Crippen molar-refractivity contribution in [2.24, 2.45) is 5.73 Å². The van der Waals surface area contributed by atoms with Crippen LogP contribution in [-0.4, -0.2) is 31.8 Å². The molecule has 3 heteroatoms. The van der Waals surface area contributed by atoms with E-state index in [9.17, 15) is 0 Å². The highest BCUT2D eigenvalue weighted by Gasteiger charge is 2.25. The average Bonchev–Trinajstić information content (AvgIpc) is 2.28. The number of rotatable bonds is 3. The Labute approximate surface area is 110 Å². The summed E-state index contributed by atoms with van der Waals surface area (Å²) in [5.41, 5.74) is 9.63. The molecular weight excluding hydrogens is 224 g/mol. The molecule has 0 spiro atoms. The Morgan fingerprint density at radius 2 is 2.11 bits per heavy atom. The predicted molar refractivity (Wildman–Crippen MR) is 76.1 cm³/mol. The van der Waals surface area contributed by atoms with E-state index >= 15 is 0 Å². The zero-order chi connectivity index (χ0) is 13.1. The molecule has 0 aromatic heterocycles. The van der Waals surface area contributed by atoms with Gasteiger partial charge in [-0.05, 0) is 45.4 Å². The fourth-order valence-corrected chi connectivity index (χ4v) is 2.75.